The second-order valence-electron chi connectivity index (χ2n) is 7.65. The number of thiophene rings is 1. The molecule has 4 rings (SSSR count). The molecule has 0 saturated carbocycles. The van der Waals surface area contributed by atoms with E-state index in [-0.39, 0.29) is 5.75 Å². The number of rotatable bonds is 5. The van der Waals surface area contributed by atoms with Gasteiger partial charge in [-0.1, -0.05) is 23.7 Å². The molecule has 0 atom stereocenters. The first kappa shape index (κ1) is 24.1. The lowest BCUT2D eigenvalue weighted by atomic mass is 9.96. The Bertz CT molecular complexity index is 1360. The van der Waals surface area contributed by atoms with Crippen molar-refractivity contribution < 1.29 is 19.1 Å². The Balaban J connectivity index is 1.34. The van der Waals surface area contributed by atoms with Gasteiger partial charge in [-0.15, -0.1) is 11.3 Å². The van der Waals surface area contributed by atoms with E-state index in [1.165, 1.54) is 17.6 Å². The highest BCUT2D eigenvalue weighted by molar-refractivity contribution is 7.16. The van der Waals surface area contributed by atoms with Crippen LogP contribution in [0.3, 0.4) is 0 Å². The Hall–Kier alpha value is -4.00. The highest BCUT2D eigenvalue weighted by atomic mass is 35.5. The van der Waals surface area contributed by atoms with Crippen LogP contribution in [0.25, 0.3) is 0 Å². The van der Waals surface area contributed by atoms with Crippen molar-refractivity contribution in [1.29, 1.82) is 5.26 Å². The molecule has 1 aromatic heterocycles. The summed E-state index contributed by atoms with van der Waals surface area (Å²) in [7, 11) is 0. The number of hydrogen-bond donors (Lipinski definition) is 2. The summed E-state index contributed by atoms with van der Waals surface area (Å²) in [4.78, 5) is 37.8. The number of hydrazone groups is 1. The lowest BCUT2D eigenvalue weighted by Crippen LogP contribution is -2.32. The molecule has 0 bridgehead atoms. The number of fused-ring (bicyclic) bond motifs is 1. The summed E-state index contributed by atoms with van der Waals surface area (Å²) in [5.41, 5.74) is 4.44. The molecule has 8 nitrogen and oxygen atoms in total. The third kappa shape index (κ3) is 5.93. The van der Waals surface area contributed by atoms with Gasteiger partial charge in [0, 0.05) is 9.90 Å². The first-order valence-electron chi connectivity index (χ1n) is 10.7. The van der Waals surface area contributed by atoms with Crippen molar-refractivity contribution in [3.63, 3.8) is 0 Å². The number of carbonyl (C=O) groups is 3. The molecule has 176 valence electrons. The van der Waals surface area contributed by atoms with E-state index in [0.29, 0.717) is 26.7 Å². The molecule has 1 aliphatic carbocycles. The van der Waals surface area contributed by atoms with Gasteiger partial charge in [0.05, 0.1) is 17.3 Å². The van der Waals surface area contributed by atoms with Gasteiger partial charge in [-0.2, -0.15) is 10.4 Å². The highest BCUT2D eigenvalue weighted by Gasteiger charge is 2.23. The third-order valence-electron chi connectivity index (χ3n) is 5.24. The average molecular weight is 507 g/mol. The van der Waals surface area contributed by atoms with Crippen LogP contribution in [0.2, 0.25) is 5.02 Å². The number of nitrogens with one attached hydrogen (secondary N) is 2. The molecular weight excluding hydrogens is 488 g/mol. The van der Waals surface area contributed by atoms with Crippen LogP contribution in [0.4, 0.5) is 5.00 Å². The molecule has 2 amide bonds. The molecule has 0 saturated heterocycles. The van der Waals surface area contributed by atoms with Crippen LogP contribution < -0.4 is 15.5 Å². The van der Waals surface area contributed by atoms with Crippen molar-refractivity contribution in [1.82, 2.24) is 5.43 Å². The van der Waals surface area contributed by atoms with Crippen LogP contribution in [0.1, 0.15) is 44.8 Å². The predicted octanol–water partition coefficient (Wildman–Crippen LogP) is 4.46. The molecule has 0 unspecified atom stereocenters. The molecule has 0 fully saturated rings. The number of aryl methyl sites for hydroxylation is 1. The van der Waals surface area contributed by atoms with Crippen molar-refractivity contribution in [2.75, 3.05) is 5.32 Å². The van der Waals surface area contributed by atoms with Crippen LogP contribution in [-0.4, -0.2) is 24.0 Å². The number of esters is 1. The number of nitrogens with zero attached hydrogens (tertiary/aromatic N) is 2. The Morgan fingerprint density at radius 1 is 1.09 bits per heavy atom. The first-order chi connectivity index (χ1) is 16.9. The number of halogens is 1. The van der Waals surface area contributed by atoms with Gasteiger partial charge in [0.25, 0.3) is 0 Å². The maximum Gasteiger partial charge on any atom is 0.343 e. The SMILES string of the molecule is N#Cc1c(NC(=O)C(=O)NN=Cc2cccc(OC(=O)c3ccc(Cl)cc3)c2)sc2c1CCCC2. The lowest BCUT2D eigenvalue weighted by Gasteiger charge is -2.09. The Morgan fingerprint density at radius 2 is 1.86 bits per heavy atom. The van der Waals surface area contributed by atoms with E-state index in [1.54, 1.807) is 48.5 Å². The summed E-state index contributed by atoms with van der Waals surface area (Å²) in [6.45, 7) is 0. The van der Waals surface area contributed by atoms with Gasteiger partial charge in [-0.3, -0.25) is 9.59 Å². The third-order valence-corrected chi connectivity index (χ3v) is 6.70. The minimum atomic E-state index is -0.971. The number of nitriles is 1. The van der Waals surface area contributed by atoms with Crippen LogP contribution in [0.15, 0.2) is 53.6 Å². The van der Waals surface area contributed by atoms with E-state index < -0.39 is 17.8 Å². The molecule has 0 spiro atoms. The fourth-order valence-corrected chi connectivity index (χ4v) is 4.92. The largest absolute Gasteiger partial charge is 0.423 e. The van der Waals surface area contributed by atoms with E-state index in [9.17, 15) is 19.6 Å². The van der Waals surface area contributed by atoms with Gasteiger partial charge < -0.3 is 10.1 Å². The second kappa shape index (κ2) is 11.0. The monoisotopic (exact) mass is 506 g/mol. The molecule has 10 heteroatoms. The fourth-order valence-electron chi connectivity index (χ4n) is 3.56. The van der Waals surface area contributed by atoms with Gasteiger partial charge in [-0.05, 0) is 73.2 Å². The van der Waals surface area contributed by atoms with E-state index >= 15 is 0 Å². The van der Waals surface area contributed by atoms with Crippen LogP contribution >= 0.6 is 22.9 Å². The standard InChI is InChI=1S/C25H19ClN4O4S/c26-17-10-8-16(9-11-17)25(33)34-18-5-3-4-15(12-18)14-28-30-23(32)22(31)29-24-20(13-27)19-6-1-2-7-21(19)35-24/h3-5,8-12,14H,1-2,6-7H2,(H,29,31)(H,30,32). The van der Waals surface area contributed by atoms with Gasteiger partial charge in [0.15, 0.2) is 0 Å². The smallest absolute Gasteiger partial charge is 0.343 e. The van der Waals surface area contributed by atoms with Gasteiger partial charge in [0.2, 0.25) is 0 Å². The van der Waals surface area contributed by atoms with Crippen LogP contribution in [0, 0.1) is 11.3 Å². The zero-order valence-corrected chi connectivity index (χ0v) is 19.9. The van der Waals surface area contributed by atoms with Crippen molar-refractivity contribution >= 4 is 51.9 Å². The highest BCUT2D eigenvalue weighted by Crippen LogP contribution is 2.37. The number of carbonyl (C=O) groups excluding carboxylic acids is 3. The molecule has 1 aliphatic rings. The van der Waals surface area contributed by atoms with Crippen molar-refractivity contribution in [3.05, 3.63) is 80.7 Å². The number of hydrogen-bond acceptors (Lipinski definition) is 7. The van der Waals surface area contributed by atoms with Crippen LogP contribution in [-0.2, 0) is 22.4 Å². The quantitative estimate of drug-likeness (QED) is 0.174. The Morgan fingerprint density at radius 3 is 2.63 bits per heavy atom. The molecule has 0 aliphatic heterocycles. The predicted molar refractivity (Wildman–Crippen MR) is 133 cm³/mol. The second-order valence-corrected chi connectivity index (χ2v) is 9.19. The van der Waals surface area contributed by atoms with Crippen molar-refractivity contribution in [2.24, 2.45) is 5.10 Å². The summed E-state index contributed by atoms with van der Waals surface area (Å²) in [6.07, 6.45) is 5.03. The molecular formula is C25H19ClN4O4S. The zero-order valence-electron chi connectivity index (χ0n) is 18.3. The fraction of sp³-hybridized carbons (Fsp3) is 0.160. The minimum Gasteiger partial charge on any atom is -0.423 e. The Kier molecular flexibility index (Phi) is 7.55. The molecule has 3 aromatic rings. The van der Waals surface area contributed by atoms with Crippen molar-refractivity contribution in [3.8, 4) is 11.8 Å². The minimum absolute atomic E-state index is 0.281. The maximum absolute atomic E-state index is 12.3. The molecule has 2 N–H and O–H groups in total. The van der Waals surface area contributed by atoms with Gasteiger partial charge >= 0.3 is 17.8 Å². The molecule has 1 heterocycles. The van der Waals surface area contributed by atoms with Crippen molar-refractivity contribution in [2.45, 2.75) is 25.7 Å². The van der Waals surface area contributed by atoms with Crippen LogP contribution in [0.5, 0.6) is 5.75 Å². The summed E-state index contributed by atoms with van der Waals surface area (Å²) >= 11 is 7.17. The first-order valence-corrected chi connectivity index (χ1v) is 11.9. The molecule has 35 heavy (non-hydrogen) atoms. The van der Waals surface area contributed by atoms with E-state index in [1.807, 2.05) is 0 Å². The average Bonchev–Trinajstić information content (AvgIpc) is 3.21. The molecule has 0 radical (unpaired) electrons. The Labute approximate surface area is 210 Å². The van der Waals surface area contributed by atoms with Gasteiger partial charge in [0.1, 0.15) is 16.8 Å². The topological polar surface area (TPSA) is 121 Å². The molecule has 2 aromatic carbocycles. The zero-order chi connectivity index (χ0) is 24.8. The summed E-state index contributed by atoms with van der Waals surface area (Å²) in [5, 5.41) is 16.7. The summed E-state index contributed by atoms with van der Waals surface area (Å²) in [5.74, 6) is -2.15. The van der Waals surface area contributed by atoms with E-state index in [0.717, 1.165) is 36.1 Å². The number of anilines is 1. The normalized spacial score (nSPS) is 12.5. The maximum atomic E-state index is 12.3. The number of benzene rings is 2. The van der Waals surface area contributed by atoms with Gasteiger partial charge in [-0.25, -0.2) is 10.2 Å². The number of ether oxygens (including phenoxy) is 1. The summed E-state index contributed by atoms with van der Waals surface area (Å²) < 4.78 is 5.35. The van der Waals surface area contributed by atoms with E-state index in [2.05, 4.69) is 21.9 Å². The number of amides is 2. The summed E-state index contributed by atoms with van der Waals surface area (Å²) in [6, 6.07) is 14.9. The van der Waals surface area contributed by atoms with E-state index in [4.69, 9.17) is 16.3 Å². The lowest BCUT2D eigenvalue weighted by molar-refractivity contribution is -0.136.